The van der Waals surface area contributed by atoms with Crippen molar-refractivity contribution in [3.8, 4) is 11.5 Å². The second kappa shape index (κ2) is 7.54. The van der Waals surface area contributed by atoms with Gasteiger partial charge in [0.2, 0.25) is 0 Å². The minimum atomic E-state index is -0.836. The van der Waals surface area contributed by atoms with Crippen molar-refractivity contribution in [1.82, 2.24) is 4.57 Å². The second-order valence-corrected chi connectivity index (χ2v) is 4.91. The minimum absolute atomic E-state index is 0.0806. The van der Waals surface area contributed by atoms with Gasteiger partial charge in [0, 0.05) is 6.54 Å². The molecule has 24 heavy (non-hydrogen) atoms. The summed E-state index contributed by atoms with van der Waals surface area (Å²) in [6.07, 6.45) is 0. The quantitative estimate of drug-likeness (QED) is 0.787. The number of aromatic hydroxyl groups is 2. The molecule has 0 fully saturated rings. The van der Waals surface area contributed by atoms with Crippen LogP contribution >= 0.6 is 0 Å². The first-order chi connectivity index (χ1) is 11.5. The van der Waals surface area contributed by atoms with E-state index in [9.17, 15) is 19.8 Å². The van der Waals surface area contributed by atoms with Gasteiger partial charge in [0.15, 0.2) is 22.9 Å². The van der Waals surface area contributed by atoms with Crippen molar-refractivity contribution in [3.63, 3.8) is 0 Å². The number of rotatable bonds is 6. The Morgan fingerprint density at radius 3 is 1.79 bits per heavy atom. The molecular formula is C17H19NO6. The van der Waals surface area contributed by atoms with Crippen molar-refractivity contribution < 1.29 is 29.3 Å². The molecule has 0 atom stereocenters. The van der Waals surface area contributed by atoms with Gasteiger partial charge in [-0.05, 0) is 19.4 Å². The third-order valence-electron chi connectivity index (χ3n) is 3.33. The Morgan fingerprint density at radius 2 is 1.38 bits per heavy atom. The van der Waals surface area contributed by atoms with E-state index in [0.29, 0.717) is 0 Å². The first kappa shape index (κ1) is 17.4. The molecule has 0 bridgehead atoms. The first-order valence-corrected chi connectivity index (χ1v) is 7.53. The zero-order valence-electron chi connectivity index (χ0n) is 13.5. The Hall–Kier alpha value is -2.96. The van der Waals surface area contributed by atoms with E-state index in [1.54, 1.807) is 38.1 Å². The molecule has 7 heteroatoms. The van der Waals surface area contributed by atoms with Crippen LogP contribution < -0.4 is 0 Å². The molecular weight excluding hydrogens is 314 g/mol. The monoisotopic (exact) mass is 333 g/mol. The summed E-state index contributed by atoms with van der Waals surface area (Å²) >= 11 is 0. The largest absolute Gasteiger partial charge is 0.503 e. The van der Waals surface area contributed by atoms with Crippen LogP contribution in [0.25, 0.3) is 0 Å². The van der Waals surface area contributed by atoms with Crippen molar-refractivity contribution in [2.75, 3.05) is 13.2 Å². The third kappa shape index (κ3) is 3.34. The Bertz CT molecular complexity index is 694. The number of carbonyl (C=O) groups excluding carboxylic acids is 2. The number of esters is 2. The van der Waals surface area contributed by atoms with E-state index in [-0.39, 0.29) is 31.1 Å². The first-order valence-electron chi connectivity index (χ1n) is 7.53. The number of hydrogen-bond acceptors (Lipinski definition) is 6. The van der Waals surface area contributed by atoms with Crippen LogP contribution in [0.5, 0.6) is 11.5 Å². The summed E-state index contributed by atoms with van der Waals surface area (Å²) < 4.78 is 11.0. The van der Waals surface area contributed by atoms with Crippen LogP contribution in [0.2, 0.25) is 0 Å². The van der Waals surface area contributed by atoms with E-state index in [1.165, 1.54) is 4.57 Å². The number of carbonyl (C=O) groups is 2. The van der Waals surface area contributed by atoms with Gasteiger partial charge < -0.3 is 24.3 Å². The molecule has 0 saturated heterocycles. The van der Waals surface area contributed by atoms with Crippen LogP contribution in [0.1, 0.15) is 40.4 Å². The Labute approximate surface area is 139 Å². The smallest absolute Gasteiger partial charge is 0.359 e. The fraction of sp³-hybridized carbons (Fsp3) is 0.294. The molecule has 0 radical (unpaired) electrons. The predicted octanol–water partition coefficient (Wildman–Crippen LogP) is 2.30. The lowest BCUT2D eigenvalue weighted by molar-refractivity contribution is 0.0502. The highest BCUT2D eigenvalue weighted by molar-refractivity contribution is 5.99. The fourth-order valence-corrected chi connectivity index (χ4v) is 2.33. The minimum Gasteiger partial charge on any atom is -0.503 e. The number of aromatic nitrogens is 1. The van der Waals surface area contributed by atoms with Gasteiger partial charge >= 0.3 is 11.9 Å². The van der Waals surface area contributed by atoms with Gasteiger partial charge in [-0.3, -0.25) is 0 Å². The topological polar surface area (TPSA) is 98.0 Å². The molecule has 0 aliphatic heterocycles. The SMILES string of the molecule is CCOC(=O)c1c(O)c(O)c(C(=O)OCC)n1Cc1ccccc1. The molecule has 1 aromatic heterocycles. The van der Waals surface area contributed by atoms with Gasteiger partial charge in [0.05, 0.1) is 13.2 Å². The third-order valence-corrected chi connectivity index (χ3v) is 3.33. The van der Waals surface area contributed by atoms with Crippen LogP contribution in [0, 0.1) is 0 Å². The molecule has 0 unspecified atom stereocenters. The Morgan fingerprint density at radius 1 is 0.917 bits per heavy atom. The standard InChI is InChI=1S/C17H19NO6/c1-3-23-16(21)12-14(19)15(20)13(17(22)24-4-2)18(12)10-11-8-6-5-7-9-11/h5-9,19-20H,3-4,10H2,1-2H3. The molecule has 0 amide bonds. The van der Waals surface area contributed by atoms with Crippen molar-refractivity contribution in [2.45, 2.75) is 20.4 Å². The Balaban J connectivity index is 2.59. The van der Waals surface area contributed by atoms with Gasteiger partial charge in [-0.2, -0.15) is 0 Å². The second-order valence-electron chi connectivity index (χ2n) is 4.91. The number of nitrogens with zero attached hydrogens (tertiary/aromatic N) is 1. The summed E-state index contributed by atoms with van der Waals surface area (Å²) in [5.41, 5.74) is 0.186. The van der Waals surface area contributed by atoms with Gasteiger partial charge in [0.1, 0.15) is 0 Å². The van der Waals surface area contributed by atoms with Crippen LogP contribution in [-0.2, 0) is 16.0 Å². The van der Waals surface area contributed by atoms with Gasteiger partial charge in [-0.25, -0.2) is 9.59 Å². The normalized spacial score (nSPS) is 10.4. The molecule has 0 spiro atoms. The maximum Gasteiger partial charge on any atom is 0.359 e. The fourth-order valence-electron chi connectivity index (χ4n) is 2.33. The van der Waals surface area contributed by atoms with E-state index in [0.717, 1.165) is 5.56 Å². The molecule has 2 N–H and O–H groups in total. The molecule has 128 valence electrons. The van der Waals surface area contributed by atoms with E-state index in [4.69, 9.17) is 9.47 Å². The molecule has 1 heterocycles. The number of hydrogen-bond donors (Lipinski definition) is 2. The summed E-state index contributed by atoms with van der Waals surface area (Å²) in [5, 5.41) is 20.2. The molecule has 7 nitrogen and oxygen atoms in total. The molecule has 0 aliphatic rings. The van der Waals surface area contributed by atoms with Crippen molar-refractivity contribution in [3.05, 3.63) is 47.3 Å². The highest BCUT2D eigenvalue weighted by Gasteiger charge is 2.32. The number of benzene rings is 1. The van der Waals surface area contributed by atoms with E-state index < -0.39 is 23.4 Å². The maximum absolute atomic E-state index is 12.2. The zero-order valence-corrected chi connectivity index (χ0v) is 13.5. The van der Waals surface area contributed by atoms with Crippen LogP contribution in [-0.4, -0.2) is 39.9 Å². The molecule has 1 aromatic carbocycles. The number of ether oxygens (including phenoxy) is 2. The molecule has 2 aromatic rings. The summed E-state index contributed by atoms with van der Waals surface area (Å²) in [5.74, 6) is -3.08. The van der Waals surface area contributed by atoms with Crippen LogP contribution in [0.15, 0.2) is 30.3 Å². The highest BCUT2D eigenvalue weighted by atomic mass is 16.5. The summed E-state index contributed by atoms with van der Waals surface area (Å²) in [4.78, 5) is 24.3. The Kier molecular flexibility index (Phi) is 5.47. The average molecular weight is 333 g/mol. The molecule has 2 rings (SSSR count). The average Bonchev–Trinajstić information content (AvgIpc) is 2.80. The molecule has 0 aliphatic carbocycles. The molecule has 0 saturated carbocycles. The lowest BCUT2D eigenvalue weighted by atomic mass is 10.2. The van der Waals surface area contributed by atoms with Crippen molar-refractivity contribution in [1.29, 1.82) is 0 Å². The maximum atomic E-state index is 12.2. The van der Waals surface area contributed by atoms with Gasteiger partial charge in [0.25, 0.3) is 0 Å². The van der Waals surface area contributed by atoms with E-state index >= 15 is 0 Å². The highest BCUT2D eigenvalue weighted by Crippen LogP contribution is 2.37. The van der Waals surface area contributed by atoms with Crippen LogP contribution in [0.4, 0.5) is 0 Å². The van der Waals surface area contributed by atoms with Crippen LogP contribution in [0.3, 0.4) is 0 Å². The van der Waals surface area contributed by atoms with Crippen molar-refractivity contribution >= 4 is 11.9 Å². The zero-order chi connectivity index (χ0) is 17.7. The summed E-state index contributed by atoms with van der Waals surface area (Å²) in [6.45, 7) is 3.49. The summed E-state index contributed by atoms with van der Waals surface area (Å²) in [7, 11) is 0. The van der Waals surface area contributed by atoms with E-state index in [2.05, 4.69) is 0 Å². The van der Waals surface area contributed by atoms with Gasteiger partial charge in [-0.1, -0.05) is 30.3 Å². The van der Waals surface area contributed by atoms with Gasteiger partial charge in [-0.15, -0.1) is 0 Å². The van der Waals surface area contributed by atoms with Crippen molar-refractivity contribution in [2.24, 2.45) is 0 Å². The van der Waals surface area contributed by atoms with E-state index in [1.807, 2.05) is 6.07 Å². The lowest BCUT2D eigenvalue weighted by Gasteiger charge is -2.12. The predicted molar refractivity (Wildman–Crippen MR) is 85.2 cm³/mol. The summed E-state index contributed by atoms with van der Waals surface area (Å²) in [6, 6.07) is 9.00. The lowest BCUT2D eigenvalue weighted by Crippen LogP contribution is -2.18.